The molecular weight excluding hydrogens is 415 g/mol. The number of hydrogen-bond acceptors (Lipinski definition) is 5. The van der Waals surface area contributed by atoms with Crippen molar-refractivity contribution in [1.29, 1.82) is 0 Å². The zero-order chi connectivity index (χ0) is 23.4. The number of hydrogen-bond donors (Lipinski definition) is 0. The summed E-state index contributed by atoms with van der Waals surface area (Å²) in [5.74, 6) is -1.76. The highest BCUT2D eigenvalue weighted by molar-refractivity contribution is 6.06. The molecule has 172 valence electrons. The molecule has 1 unspecified atom stereocenters. The quantitative estimate of drug-likeness (QED) is 0.460. The van der Waals surface area contributed by atoms with Gasteiger partial charge in [-0.15, -0.1) is 0 Å². The molecule has 2 heterocycles. The number of amides is 1. The second-order valence-electron chi connectivity index (χ2n) is 7.97. The van der Waals surface area contributed by atoms with Crippen molar-refractivity contribution in [3.05, 3.63) is 58.2 Å². The number of halogens is 1. The molecule has 0 N–H and O–H groups in total. The molecule has 1 aromatic heterocycles. The molecule has 32 heavy (non-hydrogen) atoms. The third-order valence-electron chi connectivity index (χ3n) is 5.82. The summed E-state index contributed by atoms with van der Waals surface area (Å²) in [7, 11) is 1.70. The van der Waals surface area contributed by atoms with Gasteiger partial charge in [0.2, 0.25) is 0 Å². The fourth-order valence-electron chi connectivity index (χ4n) is 4.19. The lowest BCUT2D eigenvalue weighted by molar-refractivity contribution is 0.0505. The van der Waals surface area contributed by atoms with Crippen molar-refractivity contribution >= 4 is 17.7 Å². The predicted octanol–water partition coefficient (Wildman–Crippen LogP) is 3.46. The summed E-state index contributed by atoms with van der Waals surface area (Å²) in [5.41, 5.74) is 2.01. The average molecular weight is 445 g/mol. The van der Waals surface area contributed by atoms with Crippen LogP contribution in [0.5, 0.6) is 0 Å². The molecule has 1 aromatic carbocycles. The number of ketones is 1. The third-order valence-corrected chi connectivity index (χ3v) is 5.82. The highest BCUT2D eigenvalue weighted by atomic mass is 19.1. The van der Waals surface area contributed by atoms with E-state index in [2.05, 4.69) is 0 Å². The summed E-state index contributed by atoms with van der Waals surface area (Å²) in [6, 6.07) is 5.41. The minimum absolute atomic E-state index is 0.171. The van der Waals surface area contributed by atoms with Crippen LogP contribution < -0.4 is 0 Å². The number of carbonyl (C=O) groups excluding carboxylic acids is 3. The number of aromatic nitrogens is 1. The average Bonchev–Trinajstić information content (AvgIpc) is 3.33. The number of esters is 1. The van der Waals surface area contributed by atoms with Crippen molar-refractivity contribution < 1.29 is 28.2 Å². The van der Waals surface area contributed by atoms with Crippen molar-refractivity contribution in [3.63, 3.8) is 0 Å². The molecule has 8 heteroatoms. The van der Waals surface area contributed by atoms with Crippen LogP contribution in [0.2, 0.25) is 0 Å². The molecule has 2 aromatic rings. The van der Waals surface area contributed by atoms with E-state index in [4.69, 9.17) is 9.47 Å². The molecule has 0 spiro atoms. The van der Waals surface area contributed by atoms with Gasteiger partial charge in [0.15, 0.2) is 5.78 Å². The molecule has 1 saturated heterocycles. The van der Waals surface area contributed by atoms with Gasteiger partial charge in [-0.05, 0) is 57.4 Å². The molecule has 1 aliphatic heterocycles. The van der Waals surface area contributed by atoms with E-state index < -0.39 is 17.7 Å². The van der Waals surface area contributed by atoms with E-state index in [0.29, 0.717) is 29.1 Å². The van der Waals surface area contributed by atoms with E-state index in [-0.39, 0.29) is 37.1 Å². The minimum atomic E-state index is -0.520. The summed E-state index contributed by atoms with van der Waals surface area (Å²) in [5, 5.41) is 0. The Morgan fingerprint density at radius 2 is 2.03 bits per heavy atom. The van der Waals surface area contributed by atoms with Gasteiger partial charge in [0, 0.05) is 37.0 Å². The SMILES string of the molecule is CCOC(=O)c1c(C)c(C(=O)CN(CC2CCCO2)C(=O)c2cccc(F)c2)c(C)n1C. The van der Waals surface area contributed by atoms with Gasteiger partial charge < -0.3 is 18.9 Å². The van der Waals surface area contributed by atoms with Crippen LogP contribution in [0.1, 0.15) is 62.2 Å². The maximum Gasteiger partial charge on any atom is 0.355 e. The molecule has 0 aliphatic carbocycles. The Labute approximate surface area is 187 Å². The first-order valence-corrected chi connectivity index (χ1v) is 10.8. The lowest BCUT2D eigenvalue weighted by atomic mass is 10.0. The van der Waals surface area contributed by atoms with Crippen molar-refractivity contribution in [3.8, 4) is 0 Å². The fourth-order valence-corrected chi connectivity index (χ4v) is 4.19. The highest BCUT2D eigenvalue weighted by Crippen LogP contribution is 2.24. The Bertz CT molecular complexity index is 1020. The number of rotatable bonds is 8. The second kappa shape index (κ2) is 10.1. The lowest BCUT2D eigenvalue weighted by Crippen LogP contribution is -2.41. The van der Waals surface area contributed by atoms with Gasteiger partial charge in [-0.25, -0.2) is 9.18 Å². The Hall–Kier alpha value is -3.00. The first-order valence-electron chi connectivity index (χ1n) is 10.8. The Morgan fingerprint density at radius 1 is 1.28 bits per heavy atom. The highest BCUT2D eigenvalue weighted by Gasteiger charge is 2.30. The maximum absolute atomic E-state index is 13.7. The minimum Gasteiger partial charge on any atom is -0.461 e. The molecule has 3 rings (SSSR count). The van der Waals surface area contributed by atoms with E-state index in [0.717, 1.165) is 18.9 Å². The smallest absolute Gasteiger partial charge is 0.355 e. The first kappa shape index (κ1) is 23.7. The summed E-state index contributed by atoms with van der Waals surface area (Å²) in [6.07, 6.45) is 1.51. The molecule has 1 aliphatic rings. The van der Waals surface area contributed by atoms with Crippen LogP contribution in [0.3, 0.4) is 0 Å². The number of ether oxygens (including phenoxy) is 2. The zero-order valence-electron chi connectivity index (χ0n) is 18.9. The third kappa shape index (κ3) is 4.91. The van der Waals surface area contributed by atoms with E-state index in [1.165, 1.54) is 23.1 Å². The first-order chi connectivity index (χ1) is 15.2. The van der Waals surface area contributed by atoms with Gasteiger partial charge in [-0.3, -0.25) is 9.59 Å². The molecule has 0 saturated carbocycles. The van der Waals surface area contributed by atoms with E-state index in [9.17, 15) is 18.8 Å². The molecule has 7 nitrogen and oxygen atoms in total. The number of benzene rings is 1. The normalized spacial score (nSPS) is 15.6. The number of Topliss-reactive ketones (excluding diaryl/α,β-unsaturated/α-hetero) is 1. The molecule has 0 radical (unpaired) electrons. The van der Waals surface area contributed by atoms with Gasteiger partial charge >= 0.3 is 5.97 Å². The van der Waals surface area contributed by atoms with Crippen LogP contribution in [0.4, 0.5) is 4.39 Å². The zero-order valence-corrected chi connectivity index (χ0v) is 18.9. The molecular formula is C24H29FN2O5. The van der Waals surface area contributed by atoms with Gasteiger partial charge in [0.1, 0.15) is 11.5 Å². The van der Waals surface area contributed by atoms with Crippen LogP contribution >= 0.6 is 0 Å². The van der Waals surface area contributed by atoms with E-state index in [1.54, 1.807) is 32.4 Å². The number of nitrogens with zero attached hydrogens (tertiary/aromatic N) is 2. The fraction of sp³-hybridized carbons (Fsp3) is 0.458. The monoisotopic (exact) mass is 444 g/mol. The van der Waals surface area contributed by atoms with Gasteiger partial charge in [-0.1, -0.05) is 6.07 Å². The van der Waals surface area contributed by atoms with Crippen molar-refractivity contribution in [2.24, 2.45) is 7.05 Å². The van der Waals surface area contributed by atoms with Crippen LogP contribution in [0.25, 0.3) is 0 Å². The van der Waals surface area contributed by atoms with Crippen LogP contribution in [0.15, 0.2) is 24.3 Å². The van der Waals surface area contributed by atoms with Crippen molar-refractivity contribution in [2.75, 3.05) is 26.3 Å². The largest absolute Gasteiger partial charge is 0.461 e. The van der Waals surface area contributed by atoms with E-state index >= 15 is 0 Å². The lowest BCUT2D eigenvalue weighted by Gasteiger charge is -2.25. The molecule has 1 atom stereocenters. The maximum atomic E-state index is 13.7. The summed E-state index contributed by atoms with van der Waals surface area (Å²) >= 11 is 0. The Balaban J connectivity index is 1.90. The van der Waals surface area contributed by atoms with Gasteiger partial charge in [0.25, 0.3) is 5.91 Å². The molecule has 0 bridgehead atoms. The Morgan fingerprint density at radius 3 is 2.66 bits per heavy atom. The molecule has 1 fully saturated rings. The van der Waals surface area contributed by atoms with Gasteiger partial charge in [0.05, 0.1) is 19.3 Å². The summed E-state index contributed by atoms with van der Waals surface area (Å²) in [4.78, 5) is 40.3. The van der Waals surface area contributed by atoms with Crippen LogP contribution in [-0.4, -0.2) is 59.5 Å². The van der Waals surface area contributed by atoms with E-state index in [1.807, 2.05) is 0 Å². The topological polar surface area (TPSA) is 77.8 Å². The number of carbonyl (C=O) groups is 3. The molecule has 1 amide bonds. The predicted molar refractivity (Wildman–Crippen MR) is 116 cm³/mol. The van der Waals surface area contributed by atoms with Crippen LogP contribution in [-0.2, 0) is 16.5 Å². The van der Waals surface area contributed by atoms with Crippen molar-refractivity contribution in [1.82, 2.24) is 9.47 Å². The summed E-state index contributed by atoms with van der Waals surface area (Å²) in [6.45, 7) is 6.03. The van der Waals surface area contributed by atoms with Gasteiger partial charge in [-0.2, -0.15) is 0 Å². The Kier molecular flexibility index (Phi) is 7.45. The van der Waals surface area contributed by atoms with Crippen molar-refractivity contribution in [2.45, 2.75) is 39.7 Å². The second-order valence-corrected chi connectivity index (χ2v) is 7.97. The summed E-state index contributed by atoms with van der Waals surface area (Å²) < 4.78 is 26.1. The van der Waals surface area contributed by atoms with Crippen LogP contribution in [0, 0.1) is 19.7 Å². The standard InChI is InChI=1S/C24H29FN2O5/c1-5-31-24(30)22-15(2)21(16(3)26(22)4)20(28)14-27(13-19-10-7-11-32-19)23(29)17-8-6-9-18(25)12-17/h6,8-9,12,19H,5,7,10-11,13-14H2,1-4H3.